The Morgan fingerprint density at radius 2 is 2.12 bits per heavy atom. The summed E-state index contributed by atoms with van der Waals surface area (Å²) < 4.78 is 16.4. The number of methoxy groups -OCH3 is 1. The van der Waals surface area contributed by atoms with E-state index in [0.29, 0.717) is 42.6 Å². The second-order valence-corrected chi connectivity index (χ2v) is 5.77. The number of amides is 1. The van der Waals surface area contributed by atoms with Gasteiger partial charge in [-0.1, -0.05) is 6.07 Å². The third-order valence-electron chi connectivity index (χ3n) is 3.82. The van der Waals surface area contributed by atoms with Gasteiger partial charge in [-0.2, -0.15) is 0 Å². The van der Waals surface area contributed by atoms with Crippen molar-refractivity contribution in [2.24, 2.45) is 0 Å². The van der Waals surface area contributed by atoms with Crippen molar-refractivity contribution in [2.75, 3.05) is 39.3 Å². The zero-order valence-electron chi connectivity index (χ0n) is 14.5. The van der Waals surface area contributed by atoms with Crippen LogP contribution in [0.15, 0.2) is 30.5 Å². The molecule has 0 unspecified atom stereocenters. The zero-order chi connectivity index (χ0) is 17.8. The lowest BCUT2D eigenvalue weighted by atomic mass is 10.1. The van der Waals surface area contributed by atoms with Crippen molar-refractivity contribution < 1.29 is 19.0 Å². The number of ether oxygens (including phenoxy) is 3. The minimum Gasteiger partial charge on any atom is -0.493 e. The van der Waals surface area contributed by atoms with E-state index in [4.69, 9.17) is 14.2 Å². The van der Waals surface area contributed by atoms with Gasteiger partial charge in [-0.25, -0.2) is 4.98 Å². The standard InChI is InChI=1S/C18H21N3O4/c1-21(2)17-12(5-4-6-19-17)11-20-18(22)13-9-14(23-3)16-15(10-13)24-7-8-25-16/h4-6,9-10H,7-8,11H2,1-3H3,(H,20,22). The van der Waals surface area contributed by atoms with E-state index in [1.807, 2.05) is 31.1 Å². The Kier molecular flexibility index (Phi) is 4.92. The molecule has 1 aromatic carbocycles. The molecule has 0 saturated carbocycles. The maximum absolute atomic E-state index is 12.6. The highest BCUT2D eigenvalue weighted by molar-refractivity contribution is 5.95. The molecule has 0 saturated heterocycles. The Morgan fingerprint density at radius 3 is 2.88 bits per heavy atom. The van der Waals surface area contributed by atoms with Crippen molar-refractivity contribution in [1.82, 2.24) is 10.3 Å². The summed E-state index contributed by atoms with van der Waals surface area (Å²) in [5.74, 6) is 2.14. The minimum absolute atomic E-state index is 0.219. The summed E-state index contributed by atoms with van der Waals surface area (Å²) in [5.41, 5.74) is 1.39. The largest absolute Gasteiger partial charge is 0.493 e. The highest BCUT2D eigenvalue weighted by atomic mass is 16.6. The summed E-state index contributed by atoms with van der Waals surface area (Å²) in [5, 5.41) is 2.91. The first-order valence-corrected chi connectivity index (χ1v) is 7.97. The van der Waals surface area contributed by atoms with Crippen LogP contribution in [-0.2, 0) is 6.54 Å². The van der Waals surface area contributed by atoms with Gasteiger partial charge in [-0.15, -0.1) is 0 Å². The van der Waals surface area contributed by atoms with Gasteiger partial charge in [0.25, 0.3) is 5.91 Å². The fraction of sp³-hybridized carbons (Fsp3) is 0.333. The fourth-order valence-electron chi connectivity index (χ4n) is 2.65. The molecule has 3 rings (SSSR count). The molecule has 25 heavy (non-hydrogen) atoms. The molecule has 0 radical (unpaired) electrons. The fourth-order valence-corrected chi connectivity index (χ4v) is 2.65. The summed E-state index contributed by atoms with van der Waals surface area (Å²) in [6.45, 7) is 1.28. The molecule has 7 heteroatoms. The predicted molar refractivity (Wildman–Crippen MR) is 93.7 cm³/mol. The molecule has 0 bridgehead atoms. The number of aromatic nitrogens is 1. The average Bonchev–Trinajstić information content (AvgIpc) is 2.65. The number of nitrogens with zero attached hydrogens (tertiary/aromatic N) is 2. The molecular weight excluding hydrogens is 322 g/mol. The van der Waals surface area contributed by atoms with E-state index in [-0.39, 0.29) is 5.91 Å². The van der Waals surface area contributed by atoms with Crippen LogP contribution in [0.2, 0.25) is 0 Å². The van der Waals surface area contributed by atoms with Gasteiger partial charge in [0.15, 0.2) is 11.5 Å². The molecule has 0 fully saturated rings. The van der Waals surface area contributed by atoms with Crippen LogP contribution in [-0.4, -0.2) is 45.3 Å². The van der Waals surface area contributed by atoms with Crippen LogP contribution >= 0.6 is 0 Å². The second kappa shape index (κ2) is 7.29. The predicted octanol–water partition coefficient (Wildman–Crippen LogP) is 1.86. The third-order valence-corrected chi connectivity index (χ3v) is 3.82. The van der Waals surface area contributed by atoms with Crippen molar-refractivity contribution in [3.05, 3.63) is 41.6 Å². The van der Waals surface area contributed by atoms with Gasteiger partial charge in [0, 0.05) is 38.0 Å². The SMILES string of the molecule is COc1cc(C(=O)NCc2cccnc2N(C)C)cc2c1OCCO2. The van der Waals surface area contributed by atoms with E-state index >= 15 is 0 Å². The van der Waals surface area contributed by atoms with Crippen molar-refractivity contribution in [3.8, 4) is 17.2 Å². The van der Waals surface area contributed by atoms with E-state index in [1.54, 1.807) is 18.3 Å². The molecule has 2 aromatic rings. The number of carbonyl (C=O) groups excluding carboxylic acids is 1. The van der Waals surface area contributed by atoms with Crippen molar-refractivity contribution in [2.45, 2.75) is 6.54 Å². The van der Waals surface area contributed by atoms with Crippen LogP contribution in [0, 0.1) is 0 Å². The Hall–Kier alpha value is -2.96. The first-order valence-electron chi connectivity index (χ1n) is 7.97. The molecule has 1 aliphatic rings. The first-order chi connectivity index (χ1) is 12.1. The van der Waals surface area contributed by atoms with Crippen LogP contribution in [0.4, 0.5) is 5.82 Å². The number of pyridine rings is 1. The molecular formula is C18H21N3O4. The second-order valence-electron chi connectivity index (χ2n) is 5.77. The molecule has 1 aromatic heterocycles. The molecule has 0 atom stereocenters. The minimum atomic E-state index is -0.219. The molecule has 7 nitrogen and oxygen atoms in total. The number of carbonyl (C=O) groups is 1. The van der Waals surface area contributed by atoms with E-state index < -0.39 is 0 Å². The molecule has 132 valence electrons. The summed E-state index contributed by atoms with van der Waals surface area (Å²) in [7, 11) is 5.37. The van der Waals surface area contributed by atoms with E-state index in [0.717, 1.165) is 11.4 Å². The van der Waals surface area contributed by atoms with Gasteiger partial charge < -0.3 is 24.4 Å². The lowest BCUT2D eigenvalue weighted by Crippen LogP contribution is -2.25. The lowest BCUT2D eigenvalue weighted by Gasteiger charge is -2.21. The number of fused-ring (bicyclic) bond motifs is 1. The Labute approximate surface area is 146 Å². The molecule has 1 aliphatic heterocycles. The third kappa shape index (κ3) is 3.60. The topological polar surface area (TPSA) is 72.9 Å². The van der Waals surface area contributed by atoms with Gasteiger partial charge in [0.2, 0.25) is 5.75 Å². The Bertz CT molecular complexity index is 760. The van der Waals surface area contributed by atoms with Gasteiger partial charge in [-0.05, 0) is 18.2 Å². The Balaban J connectivity index is 1.78. The van der Waals surface area contributed by atoms with E-state index in [1.165, 1.54) is 7.11 Å². The van der Waals surface area contributed by atoms with Gasteiger partial charge in [-0.3, -0.25) is 4.79 Å². The Morgan fingerprint density at radius 1 is 1.32 bits per heavy atom. The molecule has 1 N–H and O–H groups in total. The average molecular weight is 343 g/mol. The molecule has 0 aliphatic carbocycles. The normalized spacial score (nSPS) is 12.4. The summed E-state index contributed by atoms with van der Waals surface area (Å²) in [6.07, 6.45) is 1.73. The first kappa shape index (κ1) is 16.9. The maximum Gasteiger partial charge on any atom is 0.251 e. The molecule has 2 heterocycles. The zero-order valence-corrected chi connectivity index (χ0v) is 14.5. The maximum atomic E-state index is 12.6. The number of benzene rings is 1. The highest BCUT2D eigenvalue weighted by Gasteiger charge is 2.21. The van der Waals surface area contributed by atoms with Crippen LogP contribution in [0.3, 0.4) is 0 Å². The summed E-state index contributed by atoms with van der Waals surface area (Å²) in [6, 6.07) is 7.11. The van der Waals surface area contributed by atoms with Gasteiger partial charge in [0.05, 0.1) is 7.11 Å². The van der Waals surface area contributed by atoms with Crippen LogP contribution < -0.4 is 24.4 Å². The van der Waals surface area contributed by atoms with Crippen molar-refractivity contribution in [3.63, 3.8) is 0 Å². The number of hydrogen-bond donors (Lipinski definition) is 1. The quantitative estimate of drug-likeness (QED) is 0.893. The number of anilines is 1. The smallest absolute Gasteiger partial charge is 0.251 e. The van der Waals surface area contributed by atoms with Crippen LogP contribution in [0.25, 0.3) is 0 Å². The van der Waals surface area contributed by atoms with Crippen molar-refractivity contribution >= 4 is 11.7 Å². The number of hydrogen-bond acceptors (Lipinski definition) is 6. The number of nitrogens with one attached hydrogen (secondary N) is 1. The summed E-state index contributed by atoms with van der Waals surface area (Å²) in [4.78, 5) is 18.8. The monoisotopic (exact) mass is 343 g/mol. The molecule has 1 amide bonds. The van der Waals surface area contributed by atoms with E-state index in [9.17, 15) is 4.79 Å². The number of rotatable bonds is 5. The molecule has 0 spiro atoms. The van der Waals surface area contributed by atoms with E-state index in [2.05, 4.69) is 10.3 Å². The van der Waals surface area contributed by atoms with Gasteiger partial charge >= 0.3 is 0 Å². The summed E-state index contributed by atoms with van der Waals surface area (Å²) >= 11 is 0. The van der Waals surface area contributed by atoms with Crippen molar-refractivity contribution in [1.29, 1.82) is 0 Å². The van der Waals surface area contributed by atoms with Crippen LogP contribution in [0.5, 0.6) is 17.2 Å². The van der Waals surface area contributed by atoms with Gasteiger partial charge in [0.1, 0.15) is 19.0 Å². The lowest BCUT2D eigenvalue weighted by molar-refractivity contribution is 0.0949. The van der Waals surface area contributed by atoms with Crippen LogP contribution in [0.1, 0.15) is 15.9 Å². The highest BCUT2D eigenvalue weighted by Crippen LogP contribution is 2.40.